The maximum absolute atomic E-state index is 5.72. The van der Waals surface area contributed by atoms with E-state index < -0.39 is 0 Å². The number of para-hydroxylation sites is 1. The van der Waals surface area contributed by atoms with Gasteiger partial charge >= 0.3 is 0 Å². The molecule has 0 bridgehead atoms. The third kappa shape index (κ3) is 2.85. The van der Waals surface area contributed by atoms with Crippen LogP contribution < -0.4 is 9.47 Å². The lowest BCUT2D eigenvalue weighted by molar-refractivity contribution is 0.0721. The summed E-state index contributed by atoms with van der Waals surface area (Å²) in [6.45, 7) is 6.36. The summed E-state index contributed by atoms with van der Waals surface area (Å²) in [5.41, 5.74) is 1.20. The Hall–Kier alpha value is -1.26. The summed E-state index contributed by atoms with van der Waals surface area (Å²) in [6, 6.07) is 6.11. The molecule has 4 heteroatoms. The van der Waals surface area contributed by atoms with Gasteiger partial charge in [0.25, 0.3) is 0 Å². The number of fused-ring (bicyclic) bond motifs is 1. The number of nitrogens with zero attached hydrogens (tertiary/aromatic N) is 1. The Morgan fingerprint density at radius 3 is 3.05 bits per heavy atom. The van der Waals surface area contributed by atoms with E-state index in [1.54, 1.807) is 0 Å². The van der Waals surface area contributed by atoms with E-state index in [9.17, 15) is 0 Å². The third-order valence-electron chi connectivity index (χ3n) is 3.81. The molecule has 2 aliphatic heterocycles. The zero-order valence-electron chi connectivity index (χ0n) is 11.4. The highest BCUT2D eigenvalue weighted by Gasteiger charge is 2.22. The van der Waals surface area contributed by atoms with Crippen molar-refractivity contribution in [3.8, 4) is 11.5 Å². The standard InChI is InChI=1S/C15H21NO3/c1-2-16(10-13-6-4-8-17-13)9-12-5-3-7-14-15(12)19-11-18-14/h3,5,7,13H,2,4,6,8-11H2,1H3. The van der Waals surface area contributed by atoms with Gasteiger partial charge in [0.2, 0.25) is 6.79 Å². The van der Waals surface area contributed by atoms with Crippen molar-refractivity contribution in [2.75, 3.05) is 26.5 Å². The zero-order chi connectivity index (χ0) is 13.1. The molecule has 1 atom stereocenters. The Kier molecular flexibility index (Phi) is 3.89. The number of hydrogen-bond donors (Lipinski definition) is 0. The molecule has 1 aromatic rings. The Morgan fingerprint density at radius 1 is 1.32 bits per heavy atom. The lowest BCUT2D eigenvalue weighted by atomic mass is 10.1. The van der Waals surface area contributed by atoms with Gasteiger partial charge in [0.15, 0.2) is 11.5 Å². The first kappa shape index (κ1) is 12.8. The van der Waals surface area contributed by atoms with Gasteiger partial charge < -0.3 is 14.2 Å². The molecule has 1 saturated heterocycles. The van der Waals surface area contributed by atoms with Crippen LogP contribution in [0, 0.1) is 0 Å². The molecule has 0 saturated carbocycles. The second-order valence-electron chi connectivity index (χ2n) is 5.11. The Bertz CT molecular complexity index is 429. The van der Waals surface area contributed by atoms with E-state index in [1.165, 1.54) is 18.4 Å². The number of hydrogen-bond acceptors (Lipinski definition) is 4. The average Bonchev–Trinajstić information content (AvgIpc) is 3.08. The fraction of sp³-hybridized carbons (Fsp3) is 0.600. The minimum atomic E-state index is 0.338. The second kappa shape index (κ2) is 5.80. The molecule has 1 unspecified atom stereocenters. The summed E-state index contributed by atoms with van der Waals surface area (Å²) in [7, 11) is 0. The van der Waals surface area contributed by atoms with Crippen molar-refractivity contribution in [2.24, 2.45) is 0 Å². The Morgan fingerprint density at radius 2 is 2.26 bits per heavy atom. The van der Waals surface area contributed by atoms with Crippen LogP contribution in [0.15, 0.2) is 18.2 Å². The van der Waals surface area contributed by atoms with E-state index in [-0.39, 0.29) is 0 Å². The Balaban J connectivity index is 1.67. The maximum Gasteiger partial charge on any atom is 0.231 e. The lowest BCUT2D eigenvalue weighted by Gasteiger charge is -2.24. The van der Waals surface area contributed by atoms with Gasteiger partial charge in [0.05, 0.1) is 6.10 Å². The predicted octanol–water partition coefficient (Wildman–Crippen LogP) is 2.42. The van der Waals surface area contributed by atoms with E-state index in [1.807, 2.05) is 12.1 Å². The summed E-state index contributed by atoms with van der Waals surface area (Å²) in [6.07, 6.45) is 2.78. The van der Waals surface area contributed by atoms with Gasteiger partial charge in [0.1, 0.15) is 0 Å². The summed E-state index contributed by atoms with van der Waals surface area (Å²) >= 11 is 0. The fourth-order valence-electron chi connectivity index (χ4n) is 2.74. The van der Waals surface area contributed by atoms with Crippen LogP contribution in [0.25, 0.3) is 0 Å². The number of ether oxygens (including phenoxy) is 3. The number of rotatable bonds is 5. The molecule has 4 nitrogen and oxygen atoms in total. The minimum Gasteiger partial charge on any atom is -0.454 e. The summed E-state index contributed by atoms with van der Waals surface area (Å²) < 4.78 is 16.7. The molecule has 19 heavy (non-hydrogen) atoms. The highest BCUT2D eigenvalue weighted by atomic mass is 16.7. The van der Waals surface area contributed by atoms with Crippen molar-refractivity contribution in [3.05, 3.63) is 23.8 Å². The molecule has 1 fully saturated rings. The van der Waals surface area contributed by atoms with Crippen LogP contribution in [0.1, 0.15) is 25.3 Å². The maximum atomic E-state index is 5.72. The topological polar surface area (TPSA) is 30.9 Å². The molecular weight excluding hydrogens is 242 g/mol. The Labute approximate surface area is 114 Å². The molecule has 1 aromatic carbocycles. The molecule has 0 amide bonds. The number of likely N-dealkylation sites (N-methyl/N-ethyl adjacent to an activating group) is 1. The van der Waals surface area contributed by atoms with Crippen molar-refractivity contribution < 1.29 is 14.2 Å². The predicted molar refractivity (Wildman–Crippen MR) is 72.5 cm³/mol. The van der Waals surface area contributed by atoms with E-state index >= 15 is 0 Å². The highest BCUT2D eigenvalue weighted by molar-refractivity contribution is 5.48. The van der Waals surface area contributed by atoms with Gasteiger partial charge in [-0.25, -0.2) is 0 Å². The third-order valence-corrected chi connectivity index (χ3v) is 3.81. The van der Waals surface area contributed by atoms with Crippen LogP contribution in [0.3, 0.4) is 0 Å². The van der Waals surface area contributed by atoms with Gasteiger partial charge in [0, 0.05) is 25.3 Å². The molecule has 0 radical (unpaired) electrons. The molecule has 0 aromatic heterocycles. The van der Waals surface area contributed by atoms with Crippen molar-refractivity contribution in [2.45, 2.75) is 32.4 Å². The van der Waals surface area contributed by atoms with Gasteiger partial charge in [-0.2, -0.15) is 0 Å². The first-order chi connectivity index (χ1) is 9.36. The lowest BCUT2D eigenvalue weighted by Crippen LogP contribution is -2.31. The van der Waals surface area contributed by atoms with E-state index in [0.717, 1.165) is 37.7 Å². The highest BCUT2D eigenvalue weighted by Crippen LogP contribution is 2.36. The van der Waals surface area contributed by atoms with Gasteiger partial charge in [-0.1, -0.05) is 19.1 Å². The molecule has 0 spiro atoms. The summed E-state index contributed by atoms with van der Waals surface area (Å²) in [5, 5.41) is 0. The van der Waals surface area contributed by atoms with E-state index in [0.29, 0.717) is 12.9 Å². The summed E-state index contributed by atoms with van der Waals surface area (Å²) in [4.78, 5) is 2.41. The van der Waals surface area contributed by atoms with Crippen molar-refractivity contribution in [1.82, 2.24) is 4.90 Å². The van der Waals surface area contributed by atoms with E-state index in [2.05, 4.69) is 17.9 Å². The SMILES string of the molecule is CCN(Cc1cccc2c1OCO2)CC1CCCO1. The largest absolute Gasteiger partial charge is 0.454 e. The minimum absolute atomic E-state index is 0.338. The molecule has 0 N–H and O–H groups in total. The molecule has 3 rings (SSSR count). The average molecular weight is 263 g/mol. The van der Waals surface area contributed by atoms with Crippen molar-refractivity contribution >= 4 is 0 Å². The second-order valence-corrected chi connectivity index (χ2v) is 5.11. The smallest absolute Gasteiger partial charge is 0.231 e. The number of benzene rings is 1. The van der Waals surface area contributed by atoms with Crippen molar-refractivity contribution in [3.63, 3.8) is 0 Å². The van der Waals surface area contributed by atoms with Crippen LogP contribution in [-0.2, 0) is 11.3 Å². The van der Waals surface area contributed by atoms with Crippen LogP contribution in [0.2, 0.25) is 0 Å². The monoisotopic (exact) mass is 263 g/mol. The first-order valence-corrected chi connectivity index (χ1v) is 7.08. The van der Waals surface area contributed by atoms with Crippen LogP contribution in [0.5, 0.6) is 11.5 Å². The van der Waals surface area contributed by atoms with Crippen LogP contribution >= 0.6 is 0 Å². The first-order valence-electron chi connectivity index (χ1n) is 7.08. The van der Waals surface area contributed by atoms with Gasteiger partial charge in [-0.05, 0) is 25.5 Å². The fourth-order valence-corrected chi connectivity index (χ4v) is 2.74. The molecule has 0 aliphatic carbocycles. The molecule has 2 heterocycles. The normalized spacial score (nSPS) is 21.3. The molecular formula is C15H21NO3. The van der Waals surface area contributed by atoms with Gasteiger partial charge in [-0.15, -0.1) is 0 Å². The van der Waals surface area contributed by atoms with E-state index in [4.69, 9.17) is 14.2 Å². The summed E-state index contributed by atoms with van der Waals surface area (Å²) in [5.74, 6) is 1.78. The van der Waals surface area contributed by atoms with Crippen LogP contribution in [0.4, 0.5) is 0 Å². The van der Waals surface area contributed by atoms with Crippen molar-refractivity contribution in [1.29, 1.82) is 0 Å². The molecule has 104 valence electrons. The molecule has 2 aliphatic rings. The van der Waals surface area contributed by atoms with Crippen LogP contribution in [-0.4, -0.2) is 37.5 Å². The zero-order valence-corrected chi connectivity index (χ0v) is 11.4. The van der Waals surface area contributed by atoms with Gasteiger partial charge in [-0.3, -0.25) is 4.90 Å². The quantitative estimate of drug-likeness (QED) is 0.816.